The lowest BCUT2D eigenvalue weighted by Gasteiger charge is -2.36. The van der Waals surface area contributed by atoms with Crippen LogP contribution in [0.5, 0.6) is 0 Å². The molecule has 10 nitrogen and oxygen atoms in total. The quantitative estimate of drug-likeness (QED) is 0.483. The van der Waals surface area contributed by atoms with Gasteiger partial charge >= 0.3 is 18.2 Å². The van der Waals surface area contributed by atoms with Gasteiger partial charge in [0.25, 0.3) is 0 Å². The molecule has 1 atom stereocenters. The van der Waals surface area contributed by atoms with Gasteiger partial charge in [0.05, 0.1) is 24.9 Å². The molecule has 3 aliphatic rings. The molecule has 1 aliphatic carbocycles. The number of benzene rings is 1. The molecule has 200 valence electrons. The number of hydrogen-bond donors (Lipinski definition) is 4. The zero-order chi connectivity index (χ0) is 26.6. The molecule has 1 aromatic heterocycles. The van der Waals surface area contributed by atoms with Crippen LogP contribution in [-0.2, 0) is 22.5 Å². The number of carbonyl (C=O) groups is 2. The van der Waals surface area contributed by atoms with Crippen LogP contribution >= 0.6 is 0 Å². The number of anilines is 2. The van der Waals surface area contributed by atoms with E-state index < -0.39 is 12.1 Å². The fraction of sp³-hybridized carbons (Fsp3) is 0.500. The molecule has 5 rings (SSSR count). The zero-order valence-electron chi connectivity index (χ0n) is 20.3. The number of rotatable bonds is 4. The van der Waals surface area contributed by atoms with Gasteiger partial charge in [-0.15, -0.1) is 0 Å². The molecule has 1 aromatic carbocycles. The van der Waals surface area contributed by atoms with Crippen LogP contribution in [0.4, 0.5) is 29.5 Å². The Labute approximate surface area is 211 Å². The summed E-state index contributed by atoms with van der Waals surface area (Å²) in [5.74, 6) is -0.995. The van der Waals surface area contributed by atoms with Crippen LogP contribution in [0.25, 0.3) is 11.4 Å². The summed E-state index contributed by atoms with van der Waals surface area (Å²) in [6, 6.07) is 8.22. The van der Waals surface area contributed by atoms with Crippen molar-refractivity contribution in [1.29, 1.82) is 0 Å². The largest absolute Gasteiger partial charge is 0.490 e. The number of carbonyl (C=O) groups excluding carboxylic acids is 1. The molecule has 2 aliphatic heterocycles. The number of hydrogen-bond acceptors (Lipinski definition) is 7. The van der Waals surface area contributed by atoms with Gasteiger partial charge < -0.3 is 30.7 Å². The molecule has 1 saturated carbocycles. The molecule has 0 radical (unpaired) electrons. The second-order valence-electron chi connectivity index (χ2n) is 9.09. The Morgan fingerprint density at radius 1 is 1.19 bits per heavy atom. The number of nitrogens with zero attached hydrogens (tertiary/aromatic N) is 3. The Hall–Kier alpha value is -3.45. The van der Waals surface area contributed by atoms with Gasteiger partial charge in [0.15, 0.2) is 5.82 Å². The summed E-state index contributed by atoms with van der Waals surface area (Å²) in [5.41, 5.74) is 4.03. The Balaban J connectivity index is 0.000000405. The minimum Gasteiger partial charge on any atom is -0.475 e. The third-order valence-electron chi connectivity index (χ3n) is 6.11. The number of nitrogens with one attached hydrogen (secondary N) is 3. The summed E-state index contributed by atoms with van der Waals surface area (Å²) in [6.45, 7) is 6.18. The van der Waals surface area contributed by atoms with Gasteiger partial charge in [-0.25, -0.2) is 19.6 Å². The third-order valence-corrected chi connectivity index (χ3v) is 6.11. The average molecular weight is 523 g/mol. The van der Waals surface area contributed by atoms with Crippen LogP contribution in [0.1, 0.15) is 31.0 Å². The van der Waals surface area contributed by atoms with Gasteiger partial charge in [-0.05, 0) is 57.0 Å². The maximum atomic E-state index is 12.0. The van der Waals surface area contributed by atoms with E-state index >= 15 is 0 Å². The van der Waals surface area contributed by atoms with Gasteiger partial charge in [-0.1, -0.05) is 0 Å². The lowest BCUT2D eigenvalue weighted by atomic mass is 10.0. The molecule has 0 bridgehead atoms. The number of urea groups is 1. The molecule has 0 spiro atoms. The summed E-state index contributed by atoms with van der Waals surface area (Å²) in [4.78, 5) is 33.1. The Morgan fingerprint density at radius 3 is 2.51 bits per heavy atom. The summed E-state index contributed by atoms with van der Waals surface area (Å²) in [6.07, 6.45) is -2.00. The van der Waals surface area contributed by atoms with E-state index in [1.807, 2.05) is 24.3 Å². The van der Waals surface area contributed by atoms with Gasteiger partial charge in [-0.2, -0.15) is 13.2 Å². The van der Waals surface area contributed by atoms with Gasteiger partial charge in [0.1, 0.15) is 5.82 Å². The first-order valence-electron chi connectivity index (χ1n) is 12.0. The van der Waals surface area contributed by atoms with Crippen LogP contribution in [0, 0.1) is 0 Å². The molecule has 2 amide bonds. The number of amides is 2. The van der Waals surface area contributed by atoms with Crippen molar-refractivity contribution < 1.29 is 32.6 Å². The number of carboxylic acid groups (broad SMARTS) is 1. The summed E-state index contributed by atoms with van der Waals surface area (Å²) in [5, 5.41) is 16.4. The number of fused-ring (bicyclic) bond motifs is 1. The van der Waals surface area contributed by atoms with Crippen molar-refractivity contribution in [3.8, 4) is 11.4 Å². The van der Waals surface area contributed by atoms with Gasteiger partial charge in [-0.3, -0.25) is 0 Å². The Morgan fingerprint density at radius 2 is 1.89 bits per heavy atom. The summed E-state index contributed by atoms with van der Waals surface area (Å²) < 4.78 is 37.4. The predicted octanol–water partition coefficient (Wildman–Crippen LogP) is 2.93. The van der Waals surface area contributed by atoms with Crippen molar-refractivity contribution in [2.75, 3.05) is 36.5 Å². The van der Waals surface area contributed by atoms with Crippen molar-refractivity contribution in [1.82, 2.24) is 20.6 Å². The fourth-order valence-corrected chi connectivity index (χ4v) is 4.03. The van der Waals surface area contributed by atoms with Crippen LogP contribution in [0.3, 0.4) is 0 Å². The van der Waals surface area contributed by atoms with E-state index in [1.54, 1.807) is 0 Å². The molecule has 4 N–H and O–H groups in total. The van der Waals surface area contributed by atoms with Gasteiger partial charge in [0, 0.05) is 35.9 Å². The summed E-state index contributed by atoms with van der Waals surface area (Å²) in [7, 11) is 0. The zero-order valence-corrected chi connectivity index (χ0v) is 20.3. The van der Waals surface area contributed by atoms with Crippen molar-refractivity contribution >= 4 is 23.5 Å². The first-order valence-corrected chi connectivity index (χ1v) is 12.0. The van der Waals surface area contributed by atoms with Crippen LogP contribution < -0.4 is 20.9 Å². The van der Waals surface area contributed by atoms with E-state index in [4.69, 9.17) is 24.6 Å². The summed E-state index contributed by atoms with van der Waals surface area (Å²) >= 11 is 0. The monoisotopic (exact) mass is 522 g/mol. The van der Waals surface area contributed by atoms with E-state index in [2.05, 4.69) is 27.8 Å². The van der Waals surface area contributed by atoms with Gasteiger partial charge in [0.2, 0.25) is 0 Å². The molecular formula is C24H29F3N6O4. The first-order chi connectivity index (χ1) is 17.6. The highest BCUT2D eigenvalue weighted by atomic mass is 19.4. The molecular weight excluding hydrogens is 493 g/mol. The van der Waals surface area contributed by atoms with Crippen molar-refractivity contribution in [2.45, 2.75) is 51.0 Å². The smallest absolute Gasteiger partial charge is 0.475 e. The molecule has 1 saturated heterocycles. The van der Waals surface area contributed by atoms with Crippen LogP contribution in [-0.4, -0.2) is 71.6 Å². The number of carboxylic acids is 1. The number of ether oxygens (including phenoxy) is 1. The number of aromatic nitrogens is 2. The number of halogens is 3. The van der Waals surface area contributed by atoms with E-state index in [9.17, 15) is 18.0 Å². The second-order valence-corrected chi connectivity index (χ2v) is 9.09. The molecule has 2 aromatic rings. The molecule has 37 heavy (non-hydrogen) atoms. The predicted molar refractivity (Wildman–Crippen MR) is 129 cm³/mol. The average Bonchev–Trinajstić information content (AvgIpc) is 3.68. The maximum absolute atomic E-state index is 12.0. The van der Waals surface area contributed by atoms with Crippen LogP contribution in [0.15, 0.2) is 24.3 Å². The van der Waals surface area contributed by atoms with E-state index in [0.717, 1.165) is 80.7 Å². The molecule has 3 heterocycles. The number of aliphatic carboxylic acids is 1. The standard InChI is InChI=1S/C22H28N6O2.C2HF3O2/c1-14-13-30-11-10-28(14)21-18-8-9-23-12-19(18)26-20(27-21)15-2-4-16(5-3-15)24-22(29)25-17-6-7-17;3-2(4,5)1(6)7/h2-5,14,17,23H,6-13H2,1H3,(H2,24,25,29);(H,6,7). The fourth-order valence-electron chi connectivity index (χ4n) is 4.03. The Kier molecular flexibility index (Phi) is 8.13. The number of morpholine rings is 1. The Bertz CT molecular complexity index is 1120. The normalized spacial score (nSPS) is 19.2. The topological polar surface area (TPSA) is 129 Å². The minimum absolute atomic E-state index is 0.148. The number of alkyl halides is 3. The second kappa shape index (κ2) is 11.3. The van der Waals surface area contributed by atoms with Crippen LogP contribution in [0.2, 0.25) is 0 Å². The lowest BCUT2D eigenvalue weighted by molar-refractivity contribution is -0.192. The SMILES string of the molecule is CC1COCCN1c1nc(-c2ccc(NC(=O)NC3CC3)cc2)nc2c1CCNC2.O=C(O)C(F)(F)F. The minimum atomic E-state index is -5.08. The maximum Gasteiger partial charge on any atom is 0.490 e. The highest BCUT2D eigenvalue weighted by Crippen LogP contribution is 2.30. The van der Waals surface area contributed by atoms with E-state index in [1.165, 1.54) is 5.56 Å². The highest BCUT2D eigenvalue weighted by Gasteiger charge is 2.38. The molecule has 2 fully saturated rings. The van der Waals surface area contributed by atoms with E-state index in [-0.39, 0.29) is 12.1 Å². The highest BCUT2D eigenvalue weighted by molar-refractivity contribution is 5.89. The first kappa shape index (κ1) is 26.6. The lowest BCUT2D eigenvalue weighted by Crippen LogP contribution is -2.45. The third kappa shape index (κ3) is 7.07. The van der Waals surface area contributed by atoms with E-state index in [0.29, 0.717) is 6.04 Å². The van der Waals surface area contributed by atoms with Crippen molar-refractivity contribution in [3.05, 3.63) is 35.5 Å². The molecule has 13 heteroatoms. The van der Waals surface area contributed by atoms with Crippen molar-refractivity contribution in [3.63, 3.8) is 0 Å². The van der Waals surface area contributed by atoms with Crippen molar-refractivity contribution in [2.24, 2.45) is 0 Å². The molecule has 1 unspecified atom stereocenters.